The second-order valence-corrected chi connectivity index (χ2v) is 8.49. The number of hydrogen-bond donors (Lipinski definition) is 1. The first kappa shape index (κ1) is 20.5. The van der Waals surface area contributed by atoms with E-state index in [4.69, 9.17) is 0 Å². The van der Waals surface area contributed by atoms with Crippen molar-refractivity contribution >= 4 is 28.8 Å². The monoisotopic (exact) mass is 414 g/mol. The molecule has 0 bridgehead atoms. The Bertz CT molecular complexity index is 1180. The van der Waals surface area contributed by atoms with E-state index in [-0.39, 0.29) is 16.7 Å². The molecule has 4 rings (SSSR count). The number of imide groups is 1. The van der Waals surface area contributed by atoms with Crippen molar-refractivity contribution in [2.24, 2.45) is 0 Å². The van der Waals surface area contributed by atoms with E-state index in [0.717, 1.165) is 10.5 Å². The molecule has 1 heterocycles. The summed E-state index contributed by atoms with van der Waals surface area (Å²) in [4.78, 5) is 27.9. The third-order valence-electron chi connectivity index (χ3n) is 5.23. The van der Waals surface area contributed by atoms with Gasteiger partial charge >= 0.3 is 0 Å². The Hall–Kier alpha value is -3.73. The van der Waals surface area contributed by atoms with E-state index in [1.165, 1.54) is 12.1 Å². The van der Waals surface area contributed by atoms with Crippen LogP contribution >= 0.6 is 0 Å². The highest BCUT2D eigenvalue weighted by molar-refractivity contribution is 6.46. The van der Waals surface area contributed by atoms with Crippen LogP contribution in [0.4, 0.5) is 15.8 Å². The molecule has 156 valence electrons. The van der Waals surface area contributed by atoms with Crippen LogP contribution in [-0.4, -0.2) is 11.8 Å². The molecule has 0 aromatic heterocycles. The normalized spacial score (nSPS) is 14.4. The van der Waals surface area contributed by atoms with Gasteiger partial charge in [-0.3, -0.25) is 9.59 Å². The number of nitrogens with one attached hydrogen (secondary N) is 1. The van der Waals surface area contributed by atoms with Crippen LogP contribution in [-0.2, 0) is 15.0 Å². The molecule has 3 aromatic rings. The van der Waals surface area contributed by atoms with Crippen LogP contribution in [0.2, 0.25) is 0 Å². The maximum Gasteiger partial charge on any atom is 0.282 e. The Morgan fingerprint density at radius 3 is 2.10 bits per heavy atom. The van der Waals surface area contributed by atoms with E-state index in [1.54, 1.807) is 48.5 Å². The molecule has 5 heteroatoms. The number of carbonyl (C=O) groups is 2. The highest BCUT2D eigenvalue weighted by Gasteiger charge is 2.40. The van der Waals surface area contributed by atoms with Crippen molar-refractivity contribution in [3.05, 3.63) is 102 Å². The zero-order valence-corrected chi connectivity index (χ0v) is 17.6. The van der Waals surface area contributed by atoms with Crippen LogP contribution in [0, 0.1) is 5.82 Å². The van der Waals surface area contributed by atoms with Gasteiger partial charge in [-0.15, -0.1) is 0 Å². The summed E-state index contributed by atoms with van der Waals surface area (Å²) in [6, 6.07) is 22.2. The summed E-state index contributed by atoms with van der Waals surface area (Å²) >= 11 is 0. The molecular formula is C26H23FN2O2. The number of hydrogen-bond acceptors (Lipinski definition) is 3. The Labute approximate surface area is 181 Å². The molecule has 31 heavy (non-hydrogen) atoms. The summed E-state index contributed by atoms with van der Waals surface area (Å²) in [6.07, 6.45) is 0. The molecule has 0 aliphatic carbocycles. The van der Waals surface area contributed by atoms with Crippen molar-refractivity contribution < 1.29 is 14.0 Å². The van der Waals surface area contributed by atoms with Gasteiger partial charge in [0.15, 0.2) is 0 Å². The van der Waals surface area contributed by atoms with Gasteiger partial charge in [0.1, 0.15) is 11.5 Å². The van der Waals surface area contributed by atoms with Crippen molar-refractivity contribution in [2.75, 3.05) is 10.2 Å². The largest absolute Gasteiger partial charge is 0.350 e. The predicted molar refractivity (Wildman–Crippen MR) is 121 cm³/mol. The number of benzene rings is 3. The standard InChI is InChI=1S/C26H23FN2O2/c1-26(2,3)18-12-14-21(15-13-18)29-24(30)22(17-8-5-4-6-9-17)23(25(29)31)28-20-11-7-10-19(27)16-20/h4-16,28H,1-3H3. The van der Waals surface area contributed by atoms with Crippen molar-refractivity contribution in [1.82, 2.24) is 0 Å². The molecule has 4 nitrogen and oxygen atoms in total. The molecule has 3 aromatic carbocycles. The first-order valence-electron chi connectivity index (χ1n) is 10.1. The summed E-state index contributed by atoms with van der Waals surface area (Å²) in [6.45, 7) is 6.30. The molecule has 2 amide bonds. The molecule has 1 N–H and O–H groups in total. The average molecular weight is 414 g/mol. The summed E-state index contributed by atoms with van der Waals surface area (Å²) in [5.41, 5.74) is 2.95. The van der Waals surface area contributed by atoms with Gasteiger partial charge in [0.05, 0.1) is 11.3 Å². The fraction of sp³-hybridized carbons (Fsp3) is 0.154. The SMILES string of the molecule is CC(C)(C)c1ccc(N2C(=O)C(Nc3cccc(F)c3)=C(c3ccccc3)C2=O)cc1. The quantitative estimate of drug-likeness (QED) is 0.572. The molecule has 0 unspecified atom stereocenters. The van der Waals surface area contributed by atoms with Crippen molar-refractivity contribution in [1.29, 1.82) is 0 Å². The topological polar surface area (TPSA) is 49.4 Å². The third kappa shape index (κ3) is 3.99. The van der Waals surface area contributed by atoms with Gasteiger partial charge < -0.3 is 5.32 Å². The Morgan fingerprint density at radius 1 is 0.806 bits per heavy atom. The lowest BCUT2D eigenvalue weighted by Gasteiger charge is -2.21. The minimum atomic E-state index is -0.475. The molecule has 1 aliphatic heterocycles. The number of carbonyl (C=O) groups excluding carboxylic acids is 2. The van der Waals surface area contributed by atoms with E-state index in [0.29, 0.717) is 16.9 Å². The Kier molecular flexibility index (Phi) is 5.19. The Balaban J connectivity index is 1.77. The fourth-order valence-corrected chi connectivity index (χ4v) is 3.57. The fourth-order valence-electron chi connectivity index (χ4n) is 3.57. The lowest BCUT2D eigenvalue weighted by atomic mass is 9.87. The number of nitrogens with zero attached hydrogens (tertiary/aromatic N) is 1. The van der Waals surface area contributed by atoms with Crippen LogP contribution in [0.3, 0.4) is 0 Å². The minimum absolute atomic E-state index is 0.0465. The zero-order valence-electron chi connectivity index (χ0n) is 17.6. The molecular weight excluding hydrogens is 391 g/mol. The highest BCUT2D eigenvalue weighted by Crippen LogP contribution is 2.34. The van der Waals surface area contributed by atoms with Crippen LogP contribution in [0.5, 0.6) is 0 Å². The predicted octanol–water partition coefficient (Wildman–Crippen LogP) is 5.52. The molecule has 0 atom stereocenters. The second-order valence-electron chi connectivity index (χ2n) is 8.49. The maximum absolute atomic E-state index is 13.7. The third-order valence-corrected chi connectivity index (χ3v) is 5.23. The minimum Gasteiger partial charge on any atom is -0.350 e. The van der Waals surface area contributed by atoms with Crippen molar-refractivity contribution in [2.45, 2.75) is 26.2 Å². The first-order valence-corrected chi connectivity index (χ1v) is 10.1. The van der Waals surface area contributed by atoms with Crippen molar-refractivity contribution in [3.63, 3.8) is 0 Å². The van der Waals surface area contributed by atoms with Crippen molar-refractivity contribution in [3.8, 4) is 0 Å². The zero-order chi connectivity index (χ0) is 22.2. The van der Waals surface area contributed by atoms with E-state index in [2.05, 4.69) is 26.1 Å². The lowest BCUT2D eigenvalue weighted by Crippen LogP contribution is -2.32. The molecule has 0 spiro atoms. The van der Waals surface area contributed by atoms with Gasteiger partial charge in [-0.2, -0.15) is 0 Å². The van der Waals surface area contributed by atoms with Gasteiger partial charge in [0.25, 0.3) is 11.8 Å². The van der Waals surface area contributed by atoms with Crippen LogP contribution < -0.4 is 10.2 Å². The van der Waals surface area contributed by atoms with E-state index in [9.17, 15) is 14.0 Å². The molecule has 0 saturated heterocycles. The van der Waals surface area contributed by atoms with Gasteiger partial charge in [-0.25, -0.2) is 9.29 Å². The number of halogens is 1. The summed E-state index contributed by atoms with van der Waals surface area (Å²) < 4.78 is 13.7. The van der Waals surface area contributed by atoms with Crippen LogP contribution in [0.1, 0.15) is 31.9 Å². The van der Waals surface area contributed by atoms with Gasteiger partial charge in [0.2, 0.25) is 0 Å². The van der Waals surface area contributed by atoms with Gasteiger partial charge in [-0.05, 0) is 46.9 Å². The lowest BCUT2D eigenvalue weighted by molar-refractivity contribution is -0.120. The average Bonchev–Trinajstić information content (AvgIpc) is 2.98. The van der Waals surface area contributed by atoms with E-state index in [1.807, 2.05) is 18.2 Å². The van der Waals surface area contributed by atoms with Crippen LogP contribution in [0.25, 0.3) is 5.57 Å². The second kappa shape index (κ2) is 7.84. The smallest absolute Gasteiger partial charge is 0.282 e. The number of amides is 2. The molecule has 0 radical (unpaired) electrons. The first-order chi connectivity index (χ1) is 14.8. The molecule has 0 saturated carbocycles. The van der Waals surface area contributed by atoms with E-state index < -0.39 is 17.6 Å². The Morgan fingerprint density at radius 2 is 1.48 bits per heavy atom. The summed E-state index contributed by atoms with van der Waals surface area (Å²) in [5, 5.41) is 2.97. The van der Waals surface area contributed by atoms with Crippen LogP contribution in [0.15, 0.2) is 84.6 Å². The molecule has 0 fully saturated rings. The molecule has 1 aliphatic rings. The summed E-state index contributed by atoms with van der Waals surface area (Å²) in [7, 11) is 0. The number of rotatable bonds is 4. The van der Waals surface area contributed by atoms with E-state index >= 15 is 0 Å². The number of anilines is 2. The maximum atomic E-state index is 13.7. The van der Waals surface area contributed by atoms with Gasteiger partial charge in [-0.1, -0.05) is 69.3 Å². The highest BCUT2D eigenvalue weighted by atomic mass is 19.1. The summed E-state index contributed by atoms with van der Waals surface area (Å²) in [5.74, 6) is -1.33. The van der Waals surface area contributed by atoms with Gasteiger partial charge in [0, 0.05) is 5.69 Å².